The van der Waals surface area contributed by atoms with Crippen molar-refractivity contribution >= 4 is 40.2 Å². The van der Waals surface area contributed by atoms with Crippen molar-refractivity contribution in [3.63, 3.8) is 0 Å². The molecular weight excluding hydrogens is 410 g/mol. The van der Waals surface area contributed by atoms with Gasteiger partial charge in [0.15, 0.2) is 5.78 Å². The summed E-state index contributed by atoms with van der Waals surface area (Å²) >= 11 is 6.10. The van der Waals surface area contributed by atoms with Crippen molar-refractivity contribution in [1.82, 2.24) is 15.0 Å². The van der Waals surface area contributed by atoms with E-state index in [0.717, 1.165) is 52.8 Å². The Bertz CT molecular complexity index is 1130. The van der Waals surface area contributed by atoms with Crippen molar-refractivity contribution in [3.8, 4) is 0 Å². The number of aromatic nitrogens is 3. The lowest BCUT2D eigenvalue weighted by molar-refractivity contribution is -0.134. The number of carboxylic acid groups (broad SMARTS) is 2. The van der Waals surface area contributed by atoms with E-state index in [0.29, 0.717) is 17.2 Å². The minimum Gasteiger partial charge on any atom is -0.478 e. The van der Waals surface area contributed by atoms with Crippen molar-refractivity contribution in [1.29, 1.82) is 0 Å². The second-order valence-corrected chi connectivity index (χ2v) is 7.39. The number of ketones is 1. The van der Waals surface area contributed by atoms with Crippen LogP contribution in [0, 0.1) is 12.8 Å². The average Bonchev–Trinajstić information content (AvgIpc) is 3.29. The molecule has 156 valence electrons. The molecule has 0 aliphatic heterocycles. The van der Waals surface area contributed by atoms with Crippen LogP contribution in [0.2, 0.25) is 5.02 Å². The number of carbonyl (C=O) groups is 3. The van der Waals surface area contributed by atoms with Crippen molar-refractivity contribution in [2.45, 2.75) is 26.2 Å². The highest BCUT2D eigenvalue weighted by Crippen LogP contribution is 2.31. The number of imidazole rings is 1. The zero-order chi connectivity index (χ0) is 21.8. The summed E-state index contributed by atoms with van der Waals surface area (Å²) in [5, 5.41) is 17.2. The summed E-state index contributed by atoms with van der Waals surface area (Å²) in [5.74, 6) is -2.31. The molecule has 1 aliphatic rings. The first-order valence-corrected chi connectivity index (χ1v) is 9.61. The molecule has 0 bridgehead atoms. The number of aryl methyl sites for hydroxylation is 2. The number of aromatic amines is 2. The molecule has 4 N–H and O–H groups in total. The number of nitrogens with zero attached hydrogens (tertiary/aromatic N) is 1. The van der Waals surface area contributed by atoms with Gasteiger partial charge in [0.05, 0.1) is 12.0 Å². The highest BCUT2D eigenvalue weighted by molar-refractivity contribution is 6.31. The van der Waals surface area contributed by atoms with E-state index in [1.54, 1.807) is 6.33 Å². The first kappa shape index (κ1) is 21.3. The minimum absolute atomic E-state index is 0.00429. The Hall–Kier alpha value is -3.39. The molecule has 1 aromatic carbocycles. The standard InChI is InChI=1S/C17H16ClN3O.C4H4O4/c1-9-16(12-7-11(18)3-5-13(12)21-9)17(22)10-2-4-14-15(6-10)20-8-19-14;5-3(6)1-2-4(7)8/h3,5,7-8,10,21H,2,4,6H2,1H3,(H,19,20);1-2H,(H,5,6)(H,7,8)/b;2-1+. The van der Waals surface area contributed by atoms with Crippen molar-refractivity contribution in [2.75, 3.05) is 0 Å². The van der Waals surface area contributed by atoms with Crippen LogP contribution in [0.1, 0.15) is 33.9 Å². The van der Waals surface area contributed by atoms with Gasteiger partial charge in [0, 0.05) is 50.9 Å². The number of hydrogen-bond acceptors (Lipinski definition) is 4. The quantitative estimate of drug-likeness (QED) is 0.370. The molecule has 2 aromatic heterocycles. The van der Waals surface area contributed by atoms with Crippen LogP contribution in [0.4, 0.5) is 0 Å². The monoisotopic (exact) mass is 429 g/mol. The van der Waals surface area contributed by atoms with Gasteiger partial charge in [-0.1, -0.05) is 11.6 Å². The van der Waals surface area contributed by atoms with Crippen LogP contribution in [-0.4, -0.2) is 42.9 Å². The smallest absolute Gasteiger partial charge is 0.328 e. The summed E-state index contributed by atoms with van der Waals surface area (Å²) in [5.41, 5.74) is 4.86. The Morgan fingerprint density at radius 3 is 2.57 bits per heavy atom. The molecule has 0 radical (unpaired) electrons. The van der Waals surface area contributed by atoms with E-state index in [1.807, 2.05) is 25.1 Å². The maximum atomic E-state index is 13.0. The normalized spacial score (nSPS) is 15.5. The number of fused-ring (bicyclic) bond motifs is 2. The molecule has 3 aromatic rings. The van der Waals surface area contributed by atoms with Gasteiger partial charge >= 0.3 is 11.9 Å². The number of rotatable bonds is 4. The van der Waals surface area contributed by atoms with Gasteiger partial charge in [0.25, 0.3) is 0 Å². The average molecular weight is 430 g/mol. The van der Waals surface area contributed by atoms with E-state index in [1.165, 1.54) is 0 Å². The van der Waals surface area contributed by atoms with Gasteiger partial charge in [-0.15, -0.1) is 0 Å². The fraction of sp³-hybridized carbons (Fsp3) is 0.238. The molecule has 1 unspecified atom stereocenters. The number of halogens is 1. The van der Waals surface area contributed by atoms with E-state index in [9.17, 15) is 14.4 Å². The van der Waals surface area contributed by atoms with E-state index >= 15 is 0 Å². The third-order valence-electron chi connectivity index (χ3n) is 4.92. The third-order valence-corrected chi connectivity index (χ3v) is 5.16. The van der Waals surface area contributed by atoms with E-state index in [2.05, 4.69) is 15.0 Å². The number of nitrogens with one attached hydrogen (secondary N) is 2. The van der Waals surface area contributed by atoms with E-state index in [4.69, 9.17) is 21.8 Å². The highest BCUT2D eigenvalue weighted by atomic mass is 35.5. The van der Waals surface area contributed by atoms with Crippen LogP contribution in [0.25, 0.3) is 10.9 Å². The van der Waals surface area contributed by atoms with Crippen LogP contribution in [-0.2, 0) is 22.4 Å². The van der Waals surface area contributed by atoms with Crippen LogP contribution in [0.3, 0.4) is 0 Å². The maximum absolute atomic E-state index is 13.0. The lowest BCUT2D eigenvalue weighted by Gasteiger charge is -2.20. The van der Waals surface area contributed by atoms with Crippen LogP contribution < -0.4 is 0 Å². The predicted molar refractivity (Wildman–Crippen MR) is 111 cm³/mol. The topological polar surface area (TPSA) is 136 Å². The maximum Gasteiger partial charge on any atom is 0.328 e. The lowest BCUT2D eigenvalue weighted by atomic mass is 9.83. The fourth-order valence-electron chi connectivity index (χ4n) is 3.59. The highest BCUT2D eigenvalue weighted by Gasteiger charge is 2.29. The summed E-state index contributed by atoms with van der Waals surface area (Å²) in [4.78, 5) is 42.9. The Labute approximate surface area is 176 Å². The molecule has 9 heteroatoms. The number of hydrogen-bond donors (Lipinski definition) is 4. The van der Waals surface area contributed by atoms with Gasteiger partial charge in [-0.3, -0.25) is 4.79 Å². The number of carboxylic acids is 2. The van der Waals surface area contributed by atoms with Gasteiger partial charge < -0.3 is 20.2 Å². The number of aliphatic carboxylic acids is 2. The third kappa shape index (κ3) is 4.77. The second-order valence-electron chi connectivity index (χ2n) is 6.96. The molecule has 8 nitrogen and oxygen atoms in total. The second kappa shape index (κ2) is 8.96. The van der Waals surface area contributed by atoms with Crippen LogP contribution >= 0.6 is 11.6 Å². The molecule has 0 saturated heterocycles. The molecular formula is C21H20ClN3O5. The minimum atomic E-state index is -1.26. The molecule has 30 heavy (non-hydrogen) atoms. The Morgan fingerprint density at radius 2 is 1.90 bits per heavy atom. The van der Waals surface area contributed by atoms with Crippen LogP contribution in [0.15, 0.2) is 36.7 Å². The van der Waals surface area contributed by atoms with Crippen molar-refractivity contribution < 1.29 is 24.6 Å². The fourth-order valence-corrected chi connectivity index (χ4v) is 3.76. The molecule has 1 atom stereocenters. The molecule has 0 amide bonds. The number of Topliss-reactive ketones (excluding diaryl/α,β-unsaturated/α-hetero) is 1. The summed E-state index contributed by atoms with van der Waals surface area (Å²) in [6.45, 7) is 1.95. The lowest BCUT2D eigenvalue weighted by Crippen LogP contribution is -2.23. The number of H-pyrrole nitrogens is 2. The van der Waals surface area contributed by atoms with E-state index in [-0.39, 0.29) is 11.7 Å². The van der Waals surface area contributed by atoms with Gasteiger partial charge in [-0.2, -0.15) is 0 Å². The Balaban J connectivity index is 0.000000275. The molecule has 2 heterocycles. The summed E-state index contributed by atoms with van der Waals surface area (Å²) in [6, 6.07) is 5.64. The molecule has 1 aliphatic carbocycles. The van der Waals surface area contributed by atoms with Gasteiger partial charge in [-0.25, -0.2) is 14.6 Å². The summed E-state index contributed by atoms with van der Waals surface area (Å²) in [7, 11) is 0. The Morgan fingerprint density at radius 1 is 1.20 bits per heavy atom. The zero-order valence-electron chi connectivity index (χ0n) is 16.1. The SMILES string of the molecule is Cc1[nH]c2ccc(Cl)cc2c1C(=O)C1CCc2nc[nH]c2C1.O=C(O)/C=C/C(=O)O. The van der Waals surface area contributed by atoms with Gasteiger partial charge in [0.2, 0.25) is 0 Å². The molecule has 0 spiro atoms. The van der Waals surface area contributed by atoms with E-state index < -0.39 is 11.9 Å². The Kier molecular flexibility index (Phi) is 6.37. The molecule has 0 saturated carbocycles. The largest absolute Gasteiger partial charge is 0.478 e. The van der Waals surface area contributed by atoms with Crippen molar-refractivity contribution in [3.05, 3.63) is 64.3 Å². The number of carbonyl (C=O) groups excluding carboxylic acids is 1. The first-order chi connectivity index (χ1) is 14.3. The van der Waals surface area contributed by atoms with Crippen molar-refractivity contribution in [2.24, 2.45) is 5.92 Å². The summed E-state index contributed by atoms with van der Waals surface area (Å²) < 4.78 is 0. The van der Waals surface area contributed by atoms with Crippen LogP contribution in [0.5, 0.6) is 0 Å². The predicted octanol–water partition coefficient (Wildman–Crippen LogP) is 3.55. The molecule has 0 fully saturated rings. The summed E-state index contributed by atoms with van der Waals surface area (Å²) in [6.07, 6.45) is 5.28. The van der Waals surface area contributed by atoms with Gasteiger partial charge in [-0.05, 0) is 44.4 Å². The number of benzene rings is 1. The van der Waals surface area contributed by atoms with Gasteiger partial charge in [0.1, 0.15) is 0 Å². The zero-order valence-corrected chi connectivity index (χ0v) is 16.9. The molecule has 4 rings (SSSR count). The first-order valence-electron chi connectivity index (χ1n) is 9.23.